The first-order valence-corrected chi connectivity index (χ1v) is 10.6. The number of hydrogen-bond acceptors (Lipinski definition) is 8. The van der Waals surface area contributed by atoms with Gasteiger partial charge in [-0.1, -0.05) is 5.16 Å². The van der Waals surface area contributed by atoms with Crippen LogP contribution in [0.25, 0.3) is 0 Å². The first-order valence-electron chi connectivity index (χ1n) is 9.81. The van der Waals surface area contributed by atoms with E-state index in [2.05, 4.69) is 34.3 Å². The monoisotopic (exact) mass is 392 g/mol. The molecule has 3 heterocycles. The van der Waals surface area contributed by atoms with Gasteiger partial charge in [-0.2, -0.15) is 4.98 Å². The molecule has 148 valence electrons. The Hall–Kier alpha value is -1.35. The molecule has 1 unspecified atom stereocenters. The van der Waals surface area contributed by atoms with E-state index in [0.717, 1.165) is 42.3 Å². The number of methoxy groups -OCH3 is 1. The molecule has 0 spiro atoms. The maximum Gasteiger partial charge on any atom is 0.255 e. The van der Waals surface area contributed by atoms with E-state index in [1.807, 2.05) is 0 Å². The molecule has 4 rings (SSSR count). The van der Waals surface area contributed by atoms with Gasteiger partial charge in [-0.05, 0) is 39.5 Å². The van der Waals surface area contributed by atoms with Gasteiger partial charge in [-0.25, -0.2) is 4.98 Å². The maximum atomic E-state index is 6.15. The van der Waals surface area contributed by atoms with Crippen LogP contribution in [0.3, 0.4) is 0 Å². The van der Waals surface area contributed by atoms with Crippen molar-refractivity contribution in [2.45, 2.75) is 70.1 Å². The highest BCUT2D eigenvalue weighted by molar-refractivity contribution is 7.11. The molecule has 0 amide bonds. The van der Waals surface area contributed by atoms with Crippen molar-refractivity contribution in [1.82, 2.24) is 20.4 Å². The summed E-state index contributed by atoms with van der Waals surface area (Å²) in [5.41, 5.74) is 1.11. The Bertz CT molecular complexity index is 758. The molecule has 1 aliphatic heterocycles. The molecule has 0 aromatic carbocycles. The van der Waals surface area contributed by atoms with Crippen molar-refractivity contribution in [1.29, 1.82) is 0 Å². The third-order valence-electron chi connectivity index (χ3n) is 5.22. The number of hydrogen-bond donors (Lipinski definition) is 1. The quantitative estimate of drug-likeness (QED) is 0.699. The lowest BCUT2D eigenvalue weighted by Gasteiger charge is -2.17. The van der Waals surface area contributed by atoms with Gasteiger partial charge in [0.15, 0.2) is 5.82 Å². The van der Waals surface area contributed by atoms with E-state index in [0.29, 0.717) is 18.4 Å². The van der Waals surface area contributed by atoms with E-state index in [9.17, 15) is 0 Å². The van der Waals surface area contributed by atoms with Crippen LogP contribution in [0, 0.1) is 6.92 Å². The molecule has 2 fully saturated rings. The highest BCUT2D eigenvalue weighted by atomic mass is 32.1. The second kappa shape index (κ2) is 8.34. The van der Waals surface area contributed by atoms with Crippen LogP contribution < -0.4 is 5.32 Å². The number of rotatable bonds is 9. The van der Waals surface area contributed by atoms with Crippen LogP contribution >= 0.6 is 11.3 Å². The number of nitrogens with one attached hydrogen (secondary N) is 1. The van der Waals surface area contributed by atoms with Crippen molar-refractivity contribution in [3.05, 3.63) is 27.3 Å². The van der Waals surface area contributed by atoms with Gasteiger partial charge < -0.3 is 19.3 Å². The summed E-state index contributed by atoms with van der Waals surface area (Å²) >= 11 is 1.77. The first kappa shape index (κ1) is 19.0. The van der Waals surface area contributed by atoms with E-state index in [-0.39, 0.29) is 18.2 Å². The molecule has 8 heteroatoms. The van der Waals surface area contributed by atoms with Crippen molar-refractivity contribution < 1.29 is 14.0 Å². The highest BCUT2D eigenvalue weighted by Crippen LogP contribution is 2.39. The minimum atomic E-state index is -0.0575. The van der Waals surface area contributed by atoms with Crippen LogP contribution in [-0.4, -0.2) is 41.5 Å². The topological polar surface area (TPSA) is 82.3 Å². The van der Waals surface area contributed by atoms with Gasteiger partial charge in [0.05, 0.1) is 23.4 Å². The summed E-state index contributed by atoms with van der Waals surface area (Å²) in [6.07, 6.45) is 5.29. The lowest BCUT2D eigenvalue weighted by Crippen LogP contribution is -2.28. The number of nitrogens with zero attached hydrogens (tertiary/aromatic N) is 3. The molecule has 7 nitrogen and oxygen atoms in total. The summed E-state index contributed by atoms with van der Waals surface area (Å²) in [7, 11) is 1.72. The molecule has 3 atom stereocenters. The van der Waals surface area contributed by atoms with Gasteiger partial charge in [0.25, 0.3) is 5.89 Å². The number of thiazole rings is 1. The van der Waals surface area contributed by atoms with Gasteiger partial charge in [-0.3, -0.25) is 0 Å². The summed E-state index contributed by atoms with van der Waals surface area (Å²) in [6.45, 7) is 5.79. The number of aryl methyl sites for hydroxylation is 1. The molecule has 2 aromatic rings. The van der Waals surface area contributed by atoms with Gasteiger partial charge in [0.2, 0.25) is 0 Å². The van der Waals surface area contributed by atoms with Crippen molar-refractivity contribution in [3.63, 3.8) is 0 Å². The summed E-state index contributed by atoms with van der Waals surface area (Å²) in [5.74, 6) is 2.01. The predicted molar refractivity (Wildman–Crippen MR) is 102 cm³/mol. The molecule has 0 radical (unpaired) electrons. The van der Waals surface area contributed by atoms with E-state index in [1.165, 1.54) is 17.7 Å². The summed E-state index contributed by atoms with van der Waals surface area (Å²) < 4.78 is 16.7. The SMILES string of the molecule is COCCc1nc(C)c(C(C)NC[C@H]2CC[C@@H](c3nc(C4CC4)no3)O2)s1. The van der Waals surface area contributed by atoms with Crippen LogP contribution in [0.1, 0.15) is 78.0 Å². The number of ether oxygens (including phenoxy) is 2. The standard InChI is InChI=1S/C19H28N4O3S/c1-11(17-12(2)21-16(27-17)8-9-24-3)20-10-14-6-7-15(25-14)19-22-18(23-26-19)13-4-5-13/h11,13-15,20H,4-10H2,1-3H3/t11?,14-,15+/m1/s1. The first-order chi connectivity index (χ1) is 13.1. The molecule has 0 bridgehead atoms. The smallest absolute Gasteiger partial charge is 0.255 e. The Kier molecular flexibility index (Phi) is 5.87. The van der Waals surface area contributed by atoms with Crippen molar-refractivity contribution in [3.8, 4) is 0 Å². The molecule has 2 aromatic heterocycles. The van der Waals surface area contributed by atoms with Crippen LogP contribution in [-0.2, 0) is 15.9 Å². The highest BCUT2D eigenvalue weighted by Gasteiger charge is 2.34. The lowest BCUT2D eigenvalue weighted by atomic mass is 10.2. The number of aromatic nitrogens is 3. The zero-order valence-corrected chi connectivity index (χ0v) is 17.1. The molecular weight excluding hydrogens is 364 g/mol. The molecule has 1 aliphatic carbocycles. The normalized spacial score (nSPS) is 23.8. The molecule has 1 N–H and O–H groups in total. The second-order valence-corrected chi connectivity index (χ2v) is 8.63. The predicted octanol–water partition coefficient (Wildman–Crippen LogP) is 3.47. The molecule has 27 heavy (non-hydrogen) atoms. The minimum Gasteiger partial charge on any atom is -0.384 e. The Labute approximate surface area is 163 Å². The average molecular weight is 393 g/mol. The minimum absolute atomic E-state index is 0.0575. The Morgan fingerprint density at radius 2 is 2.11 bits per heavy atom. The van der Waals surface area contributed by atoms with Crippen LogP contribution in [0.2, 0.25) is 0 Å². The van der Waals surface area contributed by atoms with E-state index in [4.69, 9.17) is 14.0 Å². The van der Waals surface area contributed by atoms with Gasteiger partial charge in [-0.15, -0.1) is 11.3 Å². The van der Waals surface area contributed by atoms with Crippen LogP contribution in [0.4, 0.5) is 0 Å². The van der Waals surface area contributed by atoms with Gasteiger partial charge in [0, 0.05) is 36.9 Å². The fourth-order valence-electron chi connectivity index (χ4n) is 3.49. The van der Waals surface area contributed by atoms with Crippen LogP contribution in [0.5, 0.6) is 0 Å². The summed E-state index contributed by atoms with van der Waals surface area (Å²) in [4.78, 5) is 10.5. The molecular formula is C19H28N4O3S. The largest absolute Gasteiger partial charge is 0.384 e. The average Bonchev–Trinajstić information content (AvgIpc) is 3.08. The molecule has 2 aliphatic rings. The van der Waals surface area contributed by atoms with Crippen molar-refractivity contribution in [2.24, 2.45) is 0 Å². The second-order valence-electron chi connectivity index (χ2n) is 7.52. The third kappa shape index (κ3) is 4.56. The molecule has 1 saturated carbocycles. The summed E-state index contributed by atoms with van der Waals surface area (Å²) in [6, 6.07) is 0.256. The third-order valence-corrected chi connectivity index (χ3v) is 6.62. The van der Waals surface area contributed by atoms with Crippen molar-refractivity contribution in [2.75, 3.05) is 20.3 Å². The lowest BCUT2D eigenvalue weighted by molar-refractivity contribution is 0.0255. The zero-order chi connectivity index (χ0) is 18.8. The fourth-order valence-corrected chi connectivity index (χ4v) is 4.56. The van der Waals surface area contributed by atoms with Crippen LogP contribution in [0.15, 0.2) is 4.52 Å². The van der Waals surface area contributed by atoms with Gasteiger partial charge >= 0.3 is 0 Å². The zero-order valence-electron chi connectivity index (χ0n) is 16.2. The van der Waals surface area contributed by atoms with E-state index < -0.39 is 0 Å². The summed E-state index contributed by atoms with van der Waals surface area (Å²) in [5, 5.41) is 8.84. The Morgan fingerprint density at radius 3 is 2.89 bits per heavy atom. The van der Waals surface area contributed by atoms with E-state index >= 15 is 0 Å². The fraction of sp³-hybridized carbons (Fsp3) is 0.737. The van der Waals surface area contributed by atoms with Gasteiger partial charge in [0.1, 0.15) is 6.10 Å². The maximum absolute atomic E-state index is 6.15. The van der Waals surface area contributed by atoms with E-state index in [1.54, 1.807) is 18.4 Å². The Balaban J connectivity index is 1.27. The Morgan fingerprint density at radius 1 is 1.26 bits per heavy atom. The molecule has 1 saturated heterocycles. The van der Waals surface area contributed by atoms with Crippen molar-refractivity contribution >= 4 is 11.3 Å².